The molecular formula is C10H8O4. The highest BCUT2D eigenvalue weighted by molar-refractivity contribution is 6.10. The van der Waals surface area contributed by atoms with E-state index in [9.17, 15) is 4.79 Å². The van der Waals surface area contributed by atoms with E-state index in [0.717, 1.165) is 0 Å². The van der Waals surface area contributed by atoms with Gasteiger partial charge in [0.2, 0.25) is 11.5 Å². The number of ether oxygens (including phenoxy) is 2. The lowest BCUT2D eigenvalue weighted by Gasteiger charge is -2.07. The summed E-state index contributed by atoms with van der Waals surface area (Å²) in [6.45, 7) is 3.82. The molecule has 0 saturated carbocycles. The van der Waals surface area contributed by atoms with Gasteiger partial charge in [-0.15, -0.1) is 0 Å². The molecule has 4 heteroatoms. The number of fused-ring (bicyclic) bond motifs is 1. The molecule has 0 radical (unpaired) electrons. The predicted octanol–water partition coefficient (Wildman–Crippen LogP) is 2.19. The number of carbonyl (C=O) groups excluding carboxylic acids is 1. The lowest BCUT2D eigenvalue weighted by molar-refractivity contribution is 0.0748. The van der Waals surface area contributed by atoms with Crippen molar-refractivity contribution >= 4 is 17.1 Å². The third-order valence-electron chi connectivity index (χ3n) is 2.14. The van der Waals surface area contributed by atoms with Crippen LogP contribution in [0.5, 0.6) is 11.5 Å². The number of hydrogen-bond donors (Lipinski definition) is 0. The van der Waals surface area contributed by atoms with E-state index in [1.54, 1.807) is 6.07 Å². The average Bonchev–Trinajstić information content (AvgIpc) is 2.67. The summed E-state index contributed by atoms with van der Waals surface area (Å²) in [6, 6.07) is 1.66. The van der Waals surface area contributed by atoms with E-state index < -0.39 is 0 Å². The Labute approximate surface area is 79.7 Å². The van der Waals surface area contributed by atoms with E-state index in [1.807, 2.05) is 13.8 Å². The van der Waals surface area contributed by atoms with Crippen LogP contribution < -0.4 is 9.47 Å². The molecule has 2 bridgehead atoms. The lowest BCUT2D eigenvalue weighted by atomic mass is 10.2. The highest BCUT2D eigenvalue weighted by atomic mass is 16.6. The second-order valence-electron chi connectivity index (χ2n) is 3.57. The maximum atomic E-state index is 11.2. The number of carbonyl (C=O) groups is 1. The van der Waals surface area contributed by atoms with Crippen LogP contribution in [0.4, 0.5) is 0 Å². The SMILES string of the molecule is CC(C)Oc1c2c3oc1cc3C(=O)O2. The highest BCUT2D eigenvalue weighted by Crippen LogP contribution is 2.49. The average molecular weight is 192 g/mol. The van der Waals surface area contributed by atoms with Crippen molar-refractivity contribution in [1.82, 2.24) is 0 Å². The Kier molecular flexibility index (Phi) is 1.21. The van der Waals surface area contributed by atoms with Gasteiger partial charge in [0, 0.05) is 6.07 Å². The second kappa shape index (κ2) is 2.20. The van der Waals surface area contributed by atoms with Crippen molar-refractivity contribution in [1.29, 1.82) is 0 Å². The van der Waals surface area contributed by atoms with Crippen LogP contribution in [0.1, 0.15) is 24.2 Å². The van der Waals surface area contributed by atoms with E-state index in [0.29, 0.717) is 28.2 Å². The van der Waals surface area contributed by atoms with Crippen LogP contribution in [-0.4, -0.2) is 12.1 Å². The molecule has 14 heavy (non-hydrogen) atoms. The molecule has 4 nitrogen and oxygen atoms in total. The molecule has 3 rings (SSSR count). The predicted molar refractivity (Wildman–Crippen MR) is 48.1 cm³/mol. The van der Waals surface area contributed by atoms with Crippen molar-refractivity contribution in [3.05, 3.63) is 11.6 Å². The zero-order valence-corrected chi connectivity index (χ0v) is 7.79. The molecule has 0 fully saturated rings. The molecule has 3 heterocycles. The summed E-state index contributed by atoms with van der Waals surface area (Å²) in [5.74, 6) is 0.633. The first-order valence-corrected chi connectivity index (χ1v) is 4.44. The van der Waals surface area contributed by atoms with Gasteiger partial charge in [-0.25, -0.2) is 4.79 Å². The van der Waals surface area contributed by atoms with E-state index in [1.165, 1.54) is 0 Å². The van der Waals surface area contributed by atoms with Gasteiger partial charge in [-0.2, -0.15) is 0 Å². The van der Waals surface area contributed by atoms with Crippen LogP contribution in [0.25, 0.3) is 11.2 Å². The largest absolute Gasteiger partial charge is 0.484 e. The number of esters is 1. The Balaban J connectivity index is 2.17. The third kappa shape index (κ3) is 0.755. The number of hydrogen-bond acceptors (Lipinski definition) is 4. The fourth-order valence-electron chi connectivity index (χ4n) is 1.63. The standard InChI is InChI=1S/C10H8O4/c1-4(2)12-8-6-3-5-7(13-6)9(8)14-10(5)11/h3-4H,1-2H3. The summed E-state index contributed by atoms with van der Waals surface area (Å²) >= 11 is 0. The molecule has 0 unspecified atom stereocenters. The first kappa shape index (κ1) is 7.67. The minimum Gasteiger partial charge on any atom is -0.484 e. The summed E-state index contributed by atoms with van der Waals surface area (Å²) < 4.78 is 15.9. The van der Waals surface area contributed by atoms with Crippen molar-refractivity contribution in [2.45, 2.75) is 20.0 Å². The van der Waals surface area contributed by atoms with Gasteiger partial charge in [-0.1, -0.05) is 0 Å². The molecule has 0 amide bonds. The zero-order valence-electron chi connectivity index (χ0n) is 7.79. The molecule has 0 saturated heterocycles. The van der Waals surface area contributed by atoms with Gasteiger partial charge in [0.1, 0.15) is 5.56 Å². The summed E-state index contributed by atoms with van der Waals surface area (Å²) in [5.41, 5.74) is 1.61. The van der Waals surface area contributed by atoms with Gasteiger partial charge in [-0.05, 0) is 13.8 Å². The molecule has 0 atom stereocenters. The van der Waals surface area contributed by atoms with Gasteiger partial charge in [0.05, 0.1) is 6.10 Å². The molecule has 0 aromatic carbocycles. The normalized spacial score (nSPS) is 14.4. The van der Waals surface area contributed by atoms with Gasteiger partial charge in [-0.3, -0.25) is 0 Å². The van der Waals surface area contributed by atoms with Gasteiger partial charge >= 0.3 is 5.97 Å². The molecule has 1 aliphatic rings. The van der Waals surface area contributed by atoms with Crippen molar-refractivity contribution in [3.63, 3.8) is 0 Å². The minimum absolute atomic E-state index is 0.0321. The van der Waals surface area contributed by atoms with E-state index in [-0.39, 0.29) is 12.1 Å². The summed E-state index contributed by atoms with van der Waals surface area (Å²) in [5, 5.41) is 0. The van der Waals surface area contributed by atoms with Gasteiger partial charge < -0.3 is 13.9 Å². The summed E-state index contributed by atoms with van der Waals surface area (Å²) in [6.07, 6.45) is 0.0321. The fraction of sp³-hybridized carbons (Fsp3) is 0.300. The van der Waals surface area contributed by atoms with Crippen LogP contribution in [0.15, 0.2) is 10.5 Å². The highest BCUT2D eigenvalue weighted by Gasteiger charge is 2.35. The molecule has 0 spiro atoms. The first-order chi connectivity index (χ1) is 6.66. The quantitative estimate of drug-likeness (QED) is 0.684. The van der Waals surface area contributed by atoms with Crippen molar-refractivity contribution in [2.24, 2.45) is 0 Å². The second-order valence-corrected chi connectivity index (χ2v) is 3.57. The Hall–Kier alpha value is -1.71. The van der Waals surface area contributed by atoms with Crippen molar-refractivity contribution in [3.8, 4) is 11.5 Å². The molecule has 0 N–H and O–H groups in total. The molecule has 2 aromatic heterocycles. The van der Waals surface area contributed by atoms with Crippen molar-refractivity contribution < 1.29 is 18.7 Å². The van der Waals surface area contributed by atoms with Gasteiger partial charge in [0.25, 0.3) is 0 Å². The van der Waals surface area contributed by atoms with Crippen molar-refractivity contribution in [2.75, 3.05) is 0 Å². The maximum absolute atomic E-state index is 11.2. The zero-order chi connectivity index (χ0) is 9.87. The summed E-state index contributed by atoms with van der Waals surface area (Å²) in [4.78, 5) is 11.2. The third-order valence-corrected chi connectivity index (χ3v) is 2.14. The van der Waals surface area contributed by atoms with E-state index in [4.69, 9.17) is 13.9 Å². The molecular weight excluding hydrogens is 184 g/mol. The van der Waals surface area contributed by atoms with E-state index in [2.05, 4.69) is 0 Å². The molecule has 0 aliphatic carbocycles. The van der Waals surface area contributed by atoms with Crippen LogP contribution in [-0.2, 0) is 0 Å². The first-order valence-electron chi connectivity index (χ1n) is 4.44. The number of benzene rings is 1. The Bertz CT molecular complexity index is 509. The van der Waals surface area contributed by atoms with Crippen LogP contribution in [0.3, 0.4) is 0 Å². The Morgan fingerprint density at radius 3 is 2.93 bits per heavy atom. The van der Waals surface area contributed by atoms with E-state index >= 15 is 0 Å². The summed E-state index contributed by atoms with van der Waals surface area (Å²) in [7, 11) is 0. The smallest absolute Gasteiger partial charge is 0.347 e. The maximum Gasteiger partial charge on any atom is 0.347 e. The van der Waals surface area contributed by atoms with Crippen LogP contribution in [0.2, 0.25) is 0 Å². The molecule has 2 aromatic rings. The number of rotatable bonds is 2. The minimum atomic E-state index is -0.354. The Morgan fingerprint density at radius 2 is 2.21 bits per heavy atom. The number of furan rings is 2. The fourth-order valence-corrected chi connectivity index (χ4v) is 1.63. The van der Waals surface area contributed by atoms with Crippen LogP contribution in [0, 0.1) is 0 Å². The monoisotopic (exact) mass is 192 g/mol. The van der Waals surface area contributed by atoms with Gasteiger partial charge in [0.15, 0.2) is 11.2 Å². The molecule has 72 valence electrons. The molecule has 1 aliphatic heterocycles. The van der Waals surface area contributed by atoms with Crippen LogP contribution >= 0.6 is 0 Å². The Morgan fingerprint density at radius 1 is 1.43 bits per heavy atom. The lowest BCUT2D eigenvalue weighted by Crippen LogP contribution is -2.06. The topological polar surface area (TPSA) is 48.7 Å².